The number of thioether (sulfide) groups is 1. The van der Waals surface area contributed by atoms with Crippen molar-refractivity contribution in [1.82, 2.24) is 4.90 Å². The van der Waals surface area contributed by atoms with Gasteiger partial charge < -0.3 is 9.47 Å². The Hall–Kier alpha value is -2.25. The van der Waals surface area contributed by atoms with Crippen LogP contribution in [-0.2, 0) is 11.3 Å². The topological polar surface area (TPSA) is 55.8 Å². The van der Waals surface area contributed by atoms with Crippen LogP contribution in [0.1, 0.15) is 24.5 Å². The van der Waals surface area contributed by atoms with E-state index in [9.17, 15) is 9.59 Å². The first-order valence-electron chi connectivity index (χ1n) is 8.82. The van der Waals surface area contributed by atoms with Gasteiger partial charge in [-0.2, -0.15) is 0 Å². The largest absolute Gasteiger partial charge is 0.493 e. The molecule has 0 unspecified atom stereocenters. The number of imide groups is 1. The van der Waals surface area contributed by atoms with E-state index in [1.807, 2.05) is 43.3 Å². The van der Waals surface area contributed by atoms with Gasteiger partial charge in [-0.1, -0.05) is 41.1 Å². The van der Waals surface area contributed by atoms with E-state index in [0.29, 0.717) is 23.0 Å². The Labute approximate surface area is 176 Å². The first-order valence-corrected chi connectivity index (χ1v) is 10.4. The molecule has 146 valence electrons. The van der Waals surface area contributed by atoms with Crippen LogP contribution >= 0.6 is 27.7 Å². The average Bonchev–Trinajstić information content (AvgIpc) is 2.94. The molecule has 1 aliphatic rings. The van der Waals surface area contributed by atoms with Crippen LogP contribution in [0, 0.1) is 0 Å². The van der Waals surface area contributed by atoms with Crippen molar-refractivity contribution in [2.24, 2.45) is 0 Å². The van der Waals surface area contributed by atoms with Gasteiger partial charge in [0, 0.05) is 4.47 Å². The molecule has 2 aromatic rings. The van der Waals surface area contributed by atoms with Gasteiger partial charge in [0.15, 0.2) is 11.5 Å². The van der Waals surface area contributed by atoms with Crippen molar-refractivity contribution in [3.05, 3.63) is 63.0 Å². The molecule has 1 aliphatic heterocycles. The molecule has 0 radical (unpaired) electrons. The first-order chi connectivity index (χ1) is 13.5. The highest BCUT2D eigenvalue weighted by Crippen LogP contribution is 2.35. The number of hydrogen-bond donors (Lipinski definition) is 0. The summed E-state index contributed by atoms with van der Waals surface area (Å²) in [5.74, 6) is 0.958. The second-order valence-electron chi connectivity index (χ2n) is 6.16. The molecule has 7 heteroatoms. The van der Waals surface area contributed by atoms with Gasteiger partial charge in [-0.05, 0) is 59.7 Å². The maximum atomic E-state index is 12.7. The molecule has 0 aromatic heterocycles. The number of carbonyl (C=O) groups excluding carboxylic acids is 2. The van der Waals surface area contributed by atoms with Crippen LogP contribution in [0.4, 0.5) is 4.79 Å². The van der Waals surface area contributed by atoms with Crippen LogP contribution in [-0.4, -0.2) is 29.8 Å². The summed E-state index contributed by atoms with van der Waals surface area (Å²) in [5, 5.41) is -0.272. The van der Waals surface area contributed by atoms with Crippen molar-refractivity contribution in [3.63, 3.8) is 0 Å². The van der Waals surface area contributed by atoms with Gasteiger partial charge in [-0.25, -0.2) is 0 Å². The van der Waals surface area contributed by atoms with Crippen LogP contribution in [0.3, 0.4) is 0 Å². The fourth-order valence-electron chi connectivity index (χ4n) is 2.71. The molecule has 0 spiro atoms. The summed E-state index contributed by atoms with van der Waals surface area (Å²) < 4.78 is 11.9. The van der Waals surface area contributed by atoms with Crippen molar-refractivity contribution >= 4 is 44.9 Å². The van der Waals surface area contributed by atoms with E-state index in [-0.39, 0.29) is 17.7 Å². The molecule has 1 saturated heterocycles. The van der Waals surface area contributed by atoms with Crippen LogP contribution in [0.25, 0.3) is 6.08 Å². The molecular formula is C21H20BrNO4S. The van der Waals surface area contributed by atoms with E-state index >= 15 is 0 Å². The molecular weight excluding hydrogens is 442 g/mol. The van der Waals surface area contributed by atoms with Crippen molar-refractivity contribution < 1.29 is 19.1 Å². The van der Waals surface area contributed by atoms with Gasteiger partial charge in [0.1, 0.15) is 0 Å². The fraction of sp³-hybridized carbons (Fsp3) is 0.238. The van der Waals surface area contributed by atoms with Gasteiger partial charge in [-0.15, -0.1) is 0 Å². The van der Waals surface area contributed by atoms with Crippen molar-refractivity contribution in [1.29, 1.82) is 0 Å². The molecule has 0 aliphatic carbocycles. The zero-order chi connectivity index (χ0) is 20.1. The minimum atomic E-state index is -0.291. The highest BCUT2D eigenvalue weighted by Gasteiger charge is 2.35. The van der Waals surface area contributed by atoms with E-state index in [1.165, 1.54) is 4.90 Å². The number of ether oxygens (including phenoxy) is 2. The molecule has 28 heavy (non-hydrogen) atoms. The molecule has 2 amide bonds. The van der Waals surface area contributed by atoms with Crippen molar-refractivity contribution in [2.45, 2.75) is 19.9 Å². The summed E-state index contributed by atoms with van der Waals surface area (Å²) in [6.45, 7) is 2.88. The summed E-state index contributed by atoms with van der Waals surface area (Å²) in [7, 11) is 1.57. The minimum Gasteiger partial charge on any atom is -0.493 e. The summed E-state index contributed by atoms with van der Waals surface area (Å²) >= 11 is 4.35. The van der Waals surface area contributed by atoms with Gasteiger partial charge in [-0.3, -0.25) is 14.5 Å². The second kappa shape index (κ2) is 9.30. The van der Waals surface area contributed by atoms with Gasteiger partial charge >= 0.3 is 0 Å². The molecule has 0 saturated carbocycles. The smallest absolute Gasteiger partial charge is 0.293 e. The summed E-state index contributed by atoms with van der Waals surface area (Å²) in [6, 6.07) is 13.0. The third-order valence-corrected chi connectivity index (χ3v) is 5.45. The third-order valence-electron chi connectivity index (χ3n) is 4.05. The summed E-state index contributed by atoms with van der Waals surface area (Å²) in [5.41, 5.74) is 1.66. The normalized spacial score (nSPS) is 15.4. The lowest BCUT2D eigenvalue weighted by atomic mass is 10.1. The van der Waals surface area contributed by atoms with E-state index < -0.39 is 0 Å². The van der Waals surface area contributed by atoms with E-state index in [1.54, 1.807) is 19.3 Å². The molecule has 1 fully saturated rings. The number of benzene rings is 2. The molecule has 1 heterocycles. The first kappa shape index (κ1) is 20.5. The molecule has 0 bridgehead atoms. The lowest BCUT2D eigenvalue weighted by Crippen LogP contribution is -2.27. The summed E-state index contributed by atoms with van der Waals surface area (Å²) in [6.07, 6.45) is 2.61. The van der Waals surface area contributed by atoms with Crippen molar-refractivity contribution in [2.75, 3.05) is 13.7 Å². The third kappa shape index (κ3) is 4.77. The number of hydrogen-bond acceptors (Lipinski definition) is 5. The number of halogens is 1. The highest BCUT2D eigenvalue weighted by molar-refractivity contribution is 9.10. The standard InChI is InChI=1S/C21H20BrNO4S/c1-3-9-27-17-8-7-14(11-18(17)26-2)12-19-20(24)23(21(25)28-19)13-15-5-4-6-16(22)10-15/h4-8,10-12H,3,9,13H2,1-2H3/b19-12-. The van der Waals surface area contributed by atoms with Crippen molar-refractivity contribution in [3.8, 4) is 11.5 Å². The van der Waals surface area contributed by atoms with Gasteiger partial charge in [0.05, 0.1) is 25.2 Å². The molecule has 0 atom stereocenters. The number of methoxy groups -OCH3 is 1. The number of nitrogens with zero attached hydrogens (tertiary/aromatic N) is 1. The SMILES string of the molecule is CCCOc1ccc(/C=C2\SC(=O)N(Cc3cccc(Br)c3)C2=O)cc1OC. The van der Waals surface area contributed by atoms with E-state index in [2.05, 4.69) is 15.9 Å². The highest BCUT2D eigenvalue weighted by atomic mass is 79.9. The number of carbonyl (C=O) groups is 2. The molecule has 2 aromatic carbocycles. The predicted molar refractivity (Wildman–Crippen MR) is 114 cm³/mol. The second-order valence-corrected chi connectivity index (χ2v) is 8.07. The number of rotatable bonds is 7. The minimum absolute atomic E-state index is 0.245. The number of amides is 2. The van der Waals surface area contributed by atoms with Gasteiger partial charge in [0.25, 0.3) is 11.1 Å². The van der Waals surface area contributed by atoms with Crippen LogP contribution < -0.4 is 9.47 Å². The lowest BCUT2D eigenvalue weighted by molar-refractivity contribution is -0.123. The monoisotopic (exact) mass is 461 g/mol. The quantitative estimate of drug-likeness (QED) is 0.510. The molecule has 5 nitrogen and oxygen atoms in total. The Morgan fingerprint density at radius 1 is 1.14 bits per heavy atom. The summed E-state index contributed by atoms with van der Waals surface area (Å²) in [4.78, 5) is 26.7. The van der Waals surface area contributed by atoms with Crippen LogP contribution in [0.5, 0.6) is 11.5 Å². The maximum Gasteiger partial charge on any atom is 0.293 e. The zero-order valence-electron chi connectivity index (χ0n) is 15.6. The Morgan fingerprint density at radius 2 is 1.96 bits per heavy atom. The van der Waals surface area contributed by atoms with Crippen LogP contribution in [0.15, 0.2) is 51.8 Å². The lowest BCUT2D eigenvalue weighted by Gasteiger charge is -2.12. The Balaban J connectivity index is 1.79. The Bertz CT molecular complexity index is 928. The Kier molecular flexibility index (Phi) is 6.80. The van der Waals surface area contributed by atoms with Crippen LogP contribution in [0.2, 0.25) is 0 Å². The van der Waals surface area contributed by atoms with Gasteiger partial charge in [0.2, 0.25) is 0 Å². The maximum absolute atomic E-state index is 12.7. The predicted octanol–water partition coefficient (Wildman–Crippen LogP) is 5.48. The molecule has 0 N–H and O–H groups in total. The van der Waals surface area contributed by atoms with E-state index in [0.717, 1.165) is 33.8 Å². The fourth-order valence-corrected chi connectivity index (χ4v) is 4.00. The Morgan fingerprint density at radius 3 is 2.68 bits per heavy atom. The van der Waals surface area contributed by atoms with E-state index in [4.69, 9.17) is 9.47 Å². The zero-order valence-corrected chi connectivity index (χ0v) is 18.0. The molecule has 3 rings (SSSR count). The average molecular weight is 462 g/mol.